The van der Waals surface area contributed by atoms with Crippen LogP contribution in [0.25, 0.3) is 0 Å². The number of ether oxygens (including phenoxy) is 2. The molecule has 3 heterocycles. The van der Waals surface area contributed by atoms with Crippen LogP contribution in [0.5, 0.6) is 11.5 Å². The van der Waals surface area contributed by atoms with Gasteiger partial charge in [0.25, 0.3) is 0 Å². The maximum atomic E-state index is 12.9. The van der Waals surface area contributed by atoms with Crippen LogP contribution in [-0.4, -0.2) is 73.1 Å². The molecule has 0 saturated carbocycles. The lowest BCUT2D eigenvalue weighted by molar-refractivity contribution is -0.137. The number of carbonyl (C=O) groups excluding carboxylic acids is 2. The number of rotatable bonds is 4. The first-order chi connectivity index (χ1) is 13.0. The maximum Gasteiger partial charge on any atom is 0.231 e. The molecule has 4 rings (SSSR count). The Morgan fingerprint density at radius 2 is 1.96 bits per heavy atom. The van der Waals surface area contributed by atoms with E-state index in [1.165, 1.54) is 0 Å². The second-order valence-corrected chi connectivity index (χ2v) is 7.85. The van der Waals surface area contributed by atoms with E-state index in [0.29, 0.717) is 25.3 Å². The first-order valence-electron chi connectivity index (χ1n) is 9.63. The molecule has 1 aromatic carbocycles. The molecule has 2 fully saturated rings. The van der Waals surface area contributed by atoms with Crippen LogP contribution >= 0.6 is 0 Å². The van der Waals surface area contributed by atoms with E-state index in [0.717, 1.165) is 37.2 Å². The fourth-order valence-corrected chi connectivity index (χ4v) is 4.20. The van der Waals surface area contributed by atoms with Crippen LogP contribution in [-0.2, 0) is 16.1 Å². The van der Waals surface area contributed by atoms with Crippen molar-refractivity contribution in [3.05, 3.63) is 23.8 Å². The highest BCUT2D eigenvalue weighted by Gasteiger charge is 2.37. The Balaban J connectivity index is 1.36. The summed E-state index contributed by atoms with van der Waals surface area (Å²) in [6.07, 6.45) is 2.31. The quantitative estimate of drug-likeness (QED) is 0.797. The number of piperidine rings is 1. The normalized spacial score (nSPS) is 23.1. The standard InChI is InChI=1S/C20H27N3O4/c1-21-7-5-16(6-8-21)22(2)20(25)15-10-19(24)23(12-15)11-14-3-4-17-18(9-14)27-13-26-17/h3-4,9,15-16H,5-8,10-13H2,1-2H3. The third-order valence-corrected chi connectivity index (χ3v) is 5.96. The summed E-state index contributed by atoms with van der Waals surface area (Å²) in [6.45, 7) is 3.26. The SMILES string of the molecule is CN1CCC(N(C)C(=O)C2CC(=O)N(Cc3ccc4c(c3)OCO4)C2)CC1. The maximum absolute atomic E-state index is 12.9. The molecule has 0 aliphatic carbocycles. The number of hydrogen-bond acceptors (Lipinski definition) is 5. The third-order valence-electron chi connectivity index (χ3n) is 5.96. The molecular formula is C20H27N3O4. The molecule has 27 heavy (non-hydrogen) atoms. The Bertz CT molecular complexity index is 730. The van der Waals surface area contributed by atoms with Crippen LogP contribution in [0.4, 0.5) is 0 Å². The van der Waals surface area contributed by atoms with E-state index in [2.05, 4.69) is 11.9 Å². The molecule has 3 aliphatic rings. The number of benzene rings is 1. The predicted molar refractivity (Wildman–Crippen MR) is 99.4 cm³/mol. The van der Waals surface area contributed by atoms with Crippen LogP contribution in [0, 0.1) is 5.92 Å². The number of carbonyl (C=O) groups is 2. The molecule has 0 spiro atoms. The summed E-state index contributed by atoms with van der Waals surface area (Å²) in [6, 6.07) is 6.01. The van der Waals surface area contributed by atoms with Gasteiger partial charge in [-0.05, 0) is 50.7 Å². The Morgan fingerprint density at radius 3 is 2.74 bits per heavy atom. The molecule has 1 atom stereocenters. The van der Waals surface area contributed by atoms with Gasteiger partial charge in [0.05, 0.1) is 5.92 Å². The highest BCUT2D eigenvalue weighted by molar-refractivity contribution is 5.89. The molecule has 2 saturated heterocycles. The zero-order valence-corrected chi connectivity index (χ0v) is 16.0. The third kappa shape index (κ3) is 3.74. The molecule has 2 amide bonds. The van der Waals surface area contributed by atoms with Crippen molar-refractivity contribution in [2.45, 2.75) is 31.8 Å². The topological polar surface area (TPSA) is 62.3 Å². The molecule has 0 aromatic heterocycles. The van der Waals surface area contributed by atoms with Gasteiger partial charge in [0.1, 0.15) is 0 Å². The number of likely N-dealkylation sites (tertiary alicyclic amines) is 2. The molecule has 0 N–H and O–H groups in total. The molecule has 3 aliphatic heterocycles. The van der Waals surface area contributed by atoms with Gasteiger partial charge in [-0.1, -0.05) is 6.07 Å². The second kappa shape index (κ2) is 7.38. The lowest BCUT2D eigenvalue weighted by atomic mass is 10.0. The largest absolute Gasteiger partial charge is 0.454 e. The molecule has 0 bridgehead atoms. The van der Waals surface area contributed by atoms with Crippen molar-refractivity contribution in [2.75, 3.05) is 40.5 Å². The van der Waals surface area contributed by atoms with Crippen LogP contribution in [0.1, 0.15) is 24.8 Å². The minimum absolute atomic E-state index is 0.0443. The van der Waals surface area contributed by atoms with E-state index in [1.807, 2.05) is 30.1 Å². The summed E-state index contributed by atoms with van der Waals surface area (Å²) >= 11 is 0. The summed E-state index contributed by atoms with van der Waals surface area (Å²) in [4.78, 5) is 31.3. The monoisotopic (exact) mass is 373 g/mol. The second-order valence-electron chi connectivity index (χ2n) is 7.85. The fourth-order valence-electron chi connectivity index (χ4n) is 4.20. The number of amides is 2. The summed E-state index contributed by atoms with van der Waals surface area (Å²) in [5, 5.41) is 0. The van der Waals surface area contributed by atoms with E-state index in [4.69, 9.17) is 9.47 Å². The molecular weight excluding hydrogens is 346 g/mol. The predicted octanol–water partition coefficient (Wildman–Crippen LogP) is 1.32. The molecule has 1 aromatic rings. The zero-order valence-electron chi connectivity index (χ0n) is 16.0. The van der Waals surface area contributed by atoms with E-state index in [-0.39, 0.29) is 30.6 Å². The highest BCUT2D eigenvalue weighted by atomic mass is 16.7. The Labute approximate surface area is 159 Å². The lowest BCUT2D eigenvalue weighted by Gasteiger charge is -2.36. The first kappa shape index (κ1) is 18.1. The van der Waals surface area contributed by atoms with Crippen molar-refractivity contribution in [2.24, 2.45) is 5.92 Å². The Hall–Kier alpha value is -2.28. The number of hydrogen-bond donors (Lipinski definition) is 0. The average molecular weight is 373 g/mol. The van der Waals surface area contributed by atoms with E-state index in [9.17, 15) is 9.59 Å². The molecule has 1 unspecified atom stereocenters. The van der Waals surface area contributed by atoms with Gasteiger partial charge in [-0.3, -0.25) is 9.59 Å². The lowest BCUT2D eigenvalue weighted by Crippen LogP contribution is -2.46. The minimum atomic E-state index is -0.240. The van der Waals surface area contributed by atoms with Gasteiger partial charge in [-0.2, -0.15) is 0 Å². The van der Waals surface area contributed by atoms with Crippen molar-refractivity contribution < 1.29 is 19.1 Å². The van der Waals surface area contributed by atoms with Gasteiger partial charge in [0.15, 0.2) is 11.5 Å². The van der Waals surface area contributed by atoms with Crippen molar-refractivity contribution in [1.29, 1.82) is 0 Å². The Kier molecular flexibility index (Phi) is 4.95. The van der Waals surface area contributed by atoms with Crippen LogP contribution < -0.4 is 9.47 Å². The van der Waals surface area contributed by atoms with Crippen molar-refractivity contribution in [3.8, 4) is 11.5 Å². The van der Waals surface area contributed by atoms with Gasteiger partial charge >= 0.3 is 0 Å². The minimum Gasteiger partial charge on any atom is -0.454 e. The van der Waals surface area contributed by atoms with Gasteiger partial charge < -0.3 is 24.2 Å². The molecule has 146 valence electrons. The summed E-state index contributed by atoms with van der Waals surface area (Å²) in [5.74, 6) is 1.36. The first-order valence-corrected chi connectivity index (χ1v) is 9.63. The van der Waals surface area contributed by atoms with E-state index < -0.39 is 0 Å². The van der Waals surface area contributed by atoms with Gasteiger partial charge in [0, 0.05) is 32.6 Å². The summed E-state index contributed by atoms with van der Waals surface area (Å²) in [5.41, 5.74) is 0.990. The van der Waals surface area contributed by atoms with Crippen LogP contribution in [0.3, 0.4) is 0 Å². The average Bonchev–Trinajstić information content (AvgIpc) is 3.27. The van der Waals surface area contributed by atoms with Crippen molar-refractivity contribution >= 4 is 11.8 Å². The van der Waals surface area contributed by atoms with Crippen LogP contribution in [0.15, 0.2) is 18.2 Å². The summed E-state index contributed by atoms with van der Waals surface area (Å²) < 4.78 is 10.7. The fraction of sp³-hybridized carbons (Fsp3) is 0.600. The smallest absolute Gasteiger partial charge is 0.231 e. The Morgan fingerprint density at radius 1 is 1.22 bits per heavy atom. The number of fused-ring (bicyclic) bond motifs is 1. The van der Waals surface area contributed by atoms with Gasteiger partial charge in [-0.25, -0.2) is 0 Å². The number of nitrogens with zero attached hydrogens (tertiary/aromatic N) is 3. The molecule has 0 radical (unpaired) electrons. The summed E-state index contributed by atoms with van der Waals surface area (Å²) in [7, 11) is 4.00. The van der Waals surface area contributed by atoms with Crippen molar-refractivity contribution in [3.63, 3.8) is 0 Å². The zero-order chi connectivity index (χ0) is 19.0. The van der Waals surface area contributed by atoms with E-state index >= 15 is 0 Å². The molecule has 7 nitrogen and oxygen atoms in total. The molecule has 7 heteroatoms. The van der Waals surface area contributed by atoms with Gasteiger partial charge in [0.2, 0.25) is 18.6 Å². The van der Waals surface area contributed by atoms with Crippen molar-refractivity contribution in [1.82, 2.24) is 14.7 Å². The van der Waals surface area contributed by atoms with Crippen LogP contribution in [0.2, 0.25) is 0 Å². The van der Waals surface area contributed by atoms with Gasteiger partial charge in [-0.15, -0.1) is 0 Å². The highest BCUT2D eigenvalue weighted by Crippen LogP contribution is 2.33. The van der Waals surface area contributed by atoms with E-state index in [1.54, 1.807) is 4.90 Å².